The van der Waals surface area contributed by atoms with Crippen LogP contribution in [0.1, 0.15) is 37.3 Å². The minimum Gasteiger partial charge on any atom is -0.329 e. The Balaban J connectivity index is 1.98. The summed E-state index contributed by atoms with van der Waals surface area (Å²) in [7, 11) is 2.22. The summed E-state index contributed by atoms with van der Waals surface area (Å²) in [6.07, 6.45) is 7.16. The minimum absolute atomic E-state index is 0.261. The summed E-state index contributed by atoms with van der Waals surface area (Å²) < 4.78 is 0. The van der Waals surface area contributed by atoms with Crippen LogP contribution in [0.3, 0.4) is 0 Å². The molecule has 0 bridgehead atoms. The lowest BCUT2D eigenvalue weighted by Gasteiger charge is -2.33. The third-order valence-corrected chi connectivity index (χ3v) is 4.64. The zero-order chi connectivity index (χ0) is 13.9. The quantitative estimate of drug-likeness (QED) is 0.927. The molecule has 1 aromatic carbocycles. The molecule has 2 N–H and O–H groups in total. The van der Waals surface area contributed by atoms with Crippen molar-refractivity contribution in [1.29, 1.82) is 0 Å². The summed E-state index contributed by atoms with van der Waals surface area (Å²) in [4.78, 5) is 7.05. The molecule has 20 heavy (non-hydrogen) atoms. The molecular weight excluding hydrogens is 246 g/mol. The van der Waals surface area contributed by atoms with Crippen molar-refractivity contribution in [2.75, 3.05) is 13.6 Å². The van der Waals surface area contributed by atoms with E-state index in [1.54, 1.807) is 0 Å². The second-order valence-electron chi connectivity index (χ2n) is 5.78. The maximum absolute atomic E-state index is 6.09. The average molecular weight is 269 g/mol. The van der Waals surface area contributed by atoms with Gasteiger partial charge in [-0.1, -0.05) is 37.1 Å². The van der Waals surface area contributed by atoms with Crippen LogP contribution in [0.25, 0.3) is 10.9 Å². The smallest absolute Gasteiger partial charge is 0.0750 e. The number of rotatable bonds is 4. The topological polar surface area (TPSA) is 42.1 Å². The number of fused-ring (bicyclic) bond motifs is 1. The van der Waals surface area contributed by atoms with Crippen LogP contribution in [0.5, 0.6) is 0 Å². The van der Waals surface area contributed by atoms with E-state index in [1.165, 1.54) is 36.6 Å². The molecule has 3 heteroatoms. The number of aromatic nitrogens is 1. The van der Waals surface area contributed by atoms with Gasteiger partial charge < -0.3 is 5.73 Å². The molecule has 1 aliphatic carbocycles. The molecule has 1 fully saturated rings. The van der Waals surface area contributed by atoms with Crippen LogP contribution < -0.4 is 5.73 Å². The summed E-state index contributed by atoms with van der Waals surface area (Å²) in [5, 5.41) is 1.20. The van der Waals surface area contributed by atoms with Gasteiger partial charge in [0, 0.05) is 30.2 Å². The Kier molecular flexibility index (Phi) is 3.99. The molecule has 0 amide bonds. The van der Waals surface area contributed by atoms with Gasteiger partial charge in [-0.2, -0.15) is 0 Å². The van der Waals surface area contributed by atoms with E-state index >= 15 is 0 Å². The number of hydrogen-bond donors (Lipinski definition) is 1. The highest BCUT2D eigenvalue weighted by Crippen LogP contribution is 2.31. The van der Waals surface area contributed by atoms with Crippen molar-refractivity contribution >= 4 is 10.9 Å². The normalized spacial score (nSPS) is 17.9. The number of pyridine rings is 1. The highest BCUT2D eigenvalue weighted by Gasteiger charge is 2.26. The lowest BCUT2D eigenvalue weighted by Crippen LogP contribution is -2.37. The third kappa shape index (κ3) is 2.43. The molecule has 106 valence electrons. The van der Waals surface area contributed by atoms with E-state index in [9.17, 15) is 0 Å². The number of benzene rings is 1. The molecule has 1 aliphatic rings. The molecular formula is C17H23N3. The van der Waals surface area contributed by atoms with Gasteiger partial charge in [0.15, 0.2) is 0 Å². The molecule has 1 unspecified atom stereocenters. The standard InChI is InChI=1S/C17H23N3/c1-20(14-8-2-3-9-14)16(12-18)15-10-4-6-13-7-5-11-19-17(13)15/h4-7,10-11,14,16H,2-3,8-9,12,18H2,1H3. The zero-order valence-corrected chi connectivity index (χ0v) is 12.1. The number of likely N-dealkylation sites (N-methyl/N-ethyl adjacent to an activating group) is 1. The summed E-state index contributed by atoms with van der Waals surface area (Å²) in [6.45, 7) is 0.642. The van der Waals surface area contributed by atoms with Crippen molar-refractivity contribution in [3.05, 3.63) is 42.1 Å². The molecule has 0 spiro atoms. The van der Waals surface area contributed by atoms with Gasteiger partial charge in [0.2, 0.25) is 0 Å². The summed E-state index contributed by atoms with van der Waals surface area (Å²) in [6, 6.07) is 11.5. The Morgan fingerprint density at radius 2 is 2.00 bits per heavy atom. The predicted molar refractivity (Wildman–Crippen MR) is 83.6 cm³/mol. The van der Waals surface area contributed by atoms with Crippen molar-refractivity contribution in [3.8, 4) is 0 Å². The third-order valence-electron chi connectivity index (χ3n) is 4.64. The van der Waals surface area contributed by atoms with E-state index in [4.69, 9.17) is 5.73 Å². The molecule has 1 aromatic heterocycles. The lowest BCUT2D eigenvalue weighted by molar-refractivity contribution is 0.180. The van der Waals surface area contributed by atoms with Crippen molar-refractivity contribution in [3.63, 3.8) is 0 Å². The van der Waals surface area contributed by atoms with Crippen LogP contribution in [0.15, 0.2) is 36.5 Å². The second-order valence-corrected chi connectivity index (χ2v) is 5.78. The molecule has 1 saturated carbocycles. The van der Waals surface area contributed by atoms with E-state index in [2.05, 4.69) is 41.2 Å². The van der Waals surface area contributed by atoms with Crippen LogP contribution in [0, 0.1) is 0 Å². The Hall–Kier alpha value is -1.45. The van der Waals surface area contributed by atoms with Gasteiger partial charge in [-0.25, -0.2) is 0 Å². The minimum atomic E-state index is 0.261. The number of hydrogen-bond acceptors (Lipinski definition) is 3. The number of para-hydroxylation sites is 1. The van der Waals surface area contributed by atoms with Crippen molar-refractivity contribution in [2.24, 2.45) is 5.73 Å². The van der Waals surface area contributed by atoms with Crippen molar-refractivity contribution < 1.29 is 0 Å². The van der Waals surface area contributed by atoms with Gasteiger partial charge >= 0.3 is 0 Å². The molecule has 0 radical (unpaired) electrons. The highest BCUT2D eigenvalue weighted by atomic mass is 15.2. The van der Waals surface area contributed by atoms with E-state index in [0.717, 1.165) is 5.52 Å². The van der Waals surface area contributed by atoms with E-state index in [0.29, 0.717) is 12.6 Å². The van der Waals surface area contributed by atoms with Crippen LogP contribution in [0.4, 0.5) is 0 Å². The molecule has 3 rings (SSSR count). The Morgan fingerprint density at radius 1 is 1.25 bits per heavy atom. The van der Waals surface area contributed by atoms with Crippen molar-refractivity contribution in [1.82, 2.24) is 9.88 Å². The highest BCUT2D eigenvalue weighted by molar-refractivity contribution is 5.82. The fraction of sp³-hybridized carbons (Fsp3) is 0.471. The Labute approximate surface area is 120 Å². The van der Waals surface area contributed by atoms with Gasteiger partial charge in [-0.15, -0.1) is 0 Å². The van der Waals surface area contributed by atoms with Crippen LogP contribution in [-0.4, -0.2) is 29.5 Å². The molecule has 0 aliphatic heterocycles. The monoisotopic (exact) mass is 269 g/mol. The first-order chi connectivity index (χ1) is 9.81. The van der Waals surface area contributed by atoms with Gasteiger partial charge in [0.25, 0.3) is 0 Å². The maximum Gasteiger partial charge on any atom is 0.0750 e. The average Bonchev–Trinajstić information content (AvgIpc) is 3.02. The van der Waals surface area contributed by atoms with Crippen LogP contribution >= 0.6 is 0 Å². The first-order valence-corrected chi connectivity index (χ1v) is 7.57. The predicted octanol–water partition coefficient (Wildman–Crippen LogP) is 3.11. The van der Waals surface area contributed by atoms with E-state index < -0.39 is 0 Å². The summed E-state index contributed by atoms with van der Waals surface area (Å²) in [5.41, 5.74) is 8.45. The number of nitrogens with zero attached hydrogens (tertiary/aromatic N) is 2. The van der Waals surface area contributed by atoms with E-state index in [1.807, 2.05) is 12.3 Å². The van der Waals surface area contributed by atoms with Crippen LogP contribution in [0.2, 0.25) is 0 Å². The van der Waals surface area contributed by atoms with Gasteiger partial charge in [0.1, 0.15) is 0 Å². The van der Waals surface area contributed by atoms with Gasteiger partial charge in [-0.05, 0) is 31.5 Å². The zero-order valence-electron chi connectivity index (χ0n) is 12.1. The lowest BCUT2D eigenvalue weighted by atomic mass is 10.00. The fourth-order valence-corrected chi connectivity index (χ4v) is 3.48. The molecule has 0 saturated heterocycles. The Bertz CT molecular complexity index is 570. The first kappa shape index (κ1) is 13.5. The molecule has 2 aromatic rings. The molecule has 3 nitrogen and oxygen atoms in total. The van der Waals surface area contributed by atoms with Gasteiger partial charge in [0.05, 0.1) is 5.52 Å². The molecule has 1 atom stereocenters. The first-order valence-electron chi connectivity index (χ1n) is 7.57. The summed E-state index contributed by atoms with van der Waals surface area (Å²) >= 11 is 0. The SMILES string of the molecule is CN(C1CCCC1)C(CN)c1cccc2cccnc12. The summed E-state index contributed by atoms with van der Waals surface area (Å²) in [5.74, 6) is 0. The van der Waals surface area contributed by atoms with Gasteiger partial charge in [-0.3, -0.25) is 9.88 Å². The second kappa shape index (κ2) is 5.90. The Morgan fingerprint density at radius 3 is 2.75 bits per heavy atom. The fourth-order valence-electron chi connectivity index (χ4n) is 3.48. The number of nitrogens with two attached hydrogens (primary N) is 1. The maximum atomic E-state index is 6.09. The molecule has 1 heterocycles. The van der Waals surface area contributed by atoms with E-state index in [-0.39, 0.29) is 6.04 Å². The van der Waals surface area contributed by atoms with Crippen LogP contribution in [-0.2, 0) is 0 Å². The van der Waals surface area contributed by atoms with Crippen molar-refractivity contribution in [2.45, 2.75) is 37.8 Å². The largest absolute Gasteiger partial charge is 0.329 e.